The van der Waals surface area contributed by atoms with E-state index in [1.807, 2.05) is 0 Å². The van der Waals surface area contributed by atoms with Crippen molar-refractivity contribution < 1.29 is 19.2 Å². The smallest absolute Gasteiger partial charge is 0.270 e. The van der Waals surface area contributed by atoms with E-state index in [9.17, 15) is 19.7 Å². The number of benzene rings is 2. The number of carbonyl (C=O) groups excluding carboxylic acids is 1. The highest BCUT2D eigenvalue weighted by atomic mass is 16.7. The second kappa shape index (κ2) is 8.17. The lowest BCUT2D eigenvalue weighted by molar-refractivity contribution is -0.384. The van der Waals surface area contributed by atoms with E-state index in [2.05, 4.69) is 16.8 Å². The van der Waals surface area contributed by atoms with Crippen molar-refractivity contribution in [2.45, 2.75) is 13.0 Å². The third-order valence-corrected chi connectivity index (χ3v) is 7.16. The third kappa shape index (κ3) is 3.48. The number of pyridine rings is 1. The Morgan fingerprint density at radius 2 is 1.66 bits per heavy atom. The highest BCUT2D eigenvalue weighted by Gasteiger charge is 2.35. The van der Waals surface area contributed by atoms with E-state index in [1.54, 1.807) is 16.7 Å². The molecule has 2 aromatic carbocycles. The molecule has 10 nitrogen and oxygen atoms in total. The van der Waals surface area contributed by atoms with Gasteiger partial charge in [-0.1, -0.05) is 0 Å². The van der Waals surface area contributed by atoms with Crippen LogP contribution in [0.5, 0.6) is 11.5 Å². The van der Waals surface area contributed by atoms with Gasteiger partial charge >= 0.3 is 0 Å². The molecule has 1 fully saturated rings. The molecule has 3 aliphatic rings. The highest BCUT2D eigenvalue weighted by molar-refractivity contribution is 6.27. The van der Waals surface area contributed by atoms with Crippen molar-refractivity contribution in [1.82, 2.24) is 14.4 Å². The van der Waals surface area contributed by atoms with Gasteiger partial charge in [-0.25, -0.2) is 0 Å². The van der Waals surface area contributed by atoms with E-state index >= 15 is 0 Å². The van der Waals surface area contributed by atoms with Crippen molar-refractivity contribution in [3.8, 4) is 22.8 Å². The zero-order valence-electron chi connectivity index (χ0n) is 19.3. The molecule has 0 N–H and O–H groups in total. The number of nitrogens with zero attached hydrogens (tertiary/aromatic N) is 4. The normalized spacial score (nSPS) is 17.1. The lowest BCUT2D eigenvalue weighted by Crippen LogP contribution is -2.44. The number of likely N-dealkylation sites (N-methyl/N-ethyl adjacent to an activating group) is 1. The predicted octanol–water partition coefficient (Wildman–Crippen LogP) is 2.49. The molecule has 0 bridgehead atoms. The van der Waals surface area contributed by atoms with Gasteiger partial charge in [0.25, 0.3) is 11.2 Å². The molecular formula is C25H24N4O6. The fraction of sp³-hybridized carbons (Fsp3) is 0.360. The summed E-state index contributed by atoms with van der Waals surface area (Å²) < 4.78 is 12.6. The standard InChI is InChI=1S/C25H24N4O6/c1-26-7-9-27(10-8-26)5-2-6-28-23-17-12-20-21(35-14-34-20)13-18(17)24(30)22(23)16-4-3-15(29(32)33)11-19(16)25(28)31/h3-4,11-13H,2,5-10,14H2,1H3. The van der Waals surface area contributed by atoms with Gasteiger partial charge in [-0.2, -0.15) is 0 Å². The number of carbonyl (C=O) groups is 1. The first-order valence-electron chi connectivity index (χ1n) is 11.7. The van der Waals surface area contributed by atoms with Gasteiger partial charge in [-0.05, 0) is 38.2 Å². The molecule has 2 aliphatic heterocycles. The number of ketones is 1. The van der Waals surface area contributed by atoms with E-state index < -0.39 is 4.92 Å². The topological polar surface area (TPSA) is 107 Å². The van der Waals surface area contributed by atoms with Crippen molar-refractivity contribution in [2.24, 2.45) is 0 Å². The van der Waals surface area contributed by atoms with E-state index in [1.165, 1.54) is 18.2 Å². The molecule has 10 heteroatoms. The Kier molecular flexibility index (Phi) is 5.08. The van der Waals surface area contributed by atoms with Crippen LogP contribution in [0.2, 0.25) is 0 Å². The molecule has 0 spiro atoms. The van der Waals surface area contributed by atoms with E-state index in [0.29, 0.717) is 52.2 Å². The first-order chi connectivity index (χ1) is 16.9. The number of fused-ring (bicyclic) bond motifs is 6. The van der Waals surface area contributed by atoms with Crippen LogP contribution in [-0.4, -0.2) is 71.6 Å². The molecule has 35 heavy (non-hydrogen) atoms. The summed E-state index contributed by atoms with van der Waals surface area (Å²) in [6.07, 6.45) is 0.713. The van der Waals surface area contributed by atoms with Crippen LogP contribution >= 0.6 is 0 Å². The molecule has 1 aromatic heterocycles. The van der Waals surface area contributed by atoms with Crippen LogP contribution in [0, 0.1) is 10.1 Å². The van der Waals surface area contributed by atoms with Gasteiger partial charge in [0, 0.05) is 61.4 Å². The number of non-ortho nitro benzene ring substituents is 1. The molecule has 6 rings (SSSR count). The zero-order chi connectivity index (χ0) is 24.3. The lowest BCUT2D eigenvalue weighted by Gasteiger charge is -2.32. The van der Waals surface area contributed by atoms with Gasteiger partial charge < -0.3 is 23.8 Å². The summed E-state index contributed by atoms with van der Waals surface area (Å²) in [4.78, 5) is 42.8. The maximum atomic E-state index is 13.7. The monoisotopic (exact) mass is 476 g/mol. The summed E-state index contributed by atoms with van der Waals surface area (Å²) in [5, 5.41) is 12.0. The van der Waals surface area contributed by atoms with Crippen LogP contribution in [0.15, 0.2) is 35.1 Å². The molecule has 0 radical (unpaired) electrons. The Hall–Kier alpha value is -3.76. The minimum Gasteiger partial charge on any atom is -0.454 e. The second-order valence-electron chi connectivity index (χ2n) is 9.25. The fourth-order valence-corrected chi connectivity index (χ4v) is 5.26. The average molecular weight is 476 g/mol. The molecule has 0 unspecified atom stereocenters. The maximum absolute atomic E-state index is 13.7. The number of aromatic nitrogens is 1. The molecule has 3 aromatic rings. The SMILES string of the molecule is CN1CCN(CCCn2c3c(c4ccc([N+](=O)[O-])cc4c2=O)C(=O)c2cc4c(cc2-3)OCO4)CC1. The summed E-state index contributed by atoms with van der Waals surface area (Å²) >= 11 is 0. The first kappa shape index (κ1) is 21.8. The average Bonchev–Trinajstić information content (AvgIpc) is 3.43. The van der Waals surface area contributed by atoms with Gasteiger partial charge in [0.2, 0.25) is 6.79 Å². The van der Waals surface area contributed by atoms with Crippen molar-refractivity contribution >= 4 is 22.2 Å². The van der Waals surface area contributed by atoms with E-state index in [4.69, 9.17) is 9.47 Å². The number of hydrogen-bond donors (Lipinski definition) is 0. The van der Waals surface area contributed by atoms with Crippen LogP contribution in [0.4, 0.5) is 5.69 Å². The Bertz CT molecular complexity index is 1450. The number of nitro groups is 1. The summed E-state index contributed by atoms with van der Waals surface area (Å²) in [7, 11) is 2.11. The minimum atomic E-state index is -0.528. The van der Waals surface area contributed by atoms with Crippen molar-refractivity contribution in [2.75, 3.05) is 46.6 Å². The Labute approximate surface area is 200 Å². The van der Waals surface area contributed by atoms with Gasteiger partial charge in [0.1, 0.15) is 0 Å². The van der Waals surface area contributed by atoms with Crippen molar-refractivity contribution in [3.05, 3.63) is 61.9 Å². The van der Waals surface area contributed by atoms with Crippen LogP contribution in [-0.2, 0) is 6.54 Å². The predicted molar refractivity (Wildman–Crippen MR) is 128 cm³/mol. The Morgan fingerprint density at radius 3 is 2.37 bits per heavy atom. The highest BCUT2D eigenvalue weighted by Crippen LogP contribution is 2.46. The van der Waals surface area contributed by atoms with Crippen LogP contribution in [0.25, 0.3) is 22.0 Å². The minimum absolute atomic E-state index is 0.0818. The van der Waals surface area contributed by atoms with Gasteiger partial charge in [0.05, 0.1) is 21.6 Å². The summed E-state index contributed by atoms with van der Waals surface area (Å²) in [5.74, 6) is 0.804. The van der Waals surface area contributed by atoms with Crippen molar-refractivity contribution in [3.63, 3.8) is 0 Å². The Balaban J connectivity index is 1.47. The summed E-state index contributed by atoms with van der Waals surface area (Å²) in [5.41, 5.74) is 1.51. The van der Waals surface area contributed by atoms with E-state index in [-0.39, 0.29) is 29.2 Å². The Morgan fingerprint density at radius 1 is 0.943 bits per heavy atom. The van der Waals surface area contributed by atoms with Gasteiger partial charge in [-0.15, -0.1) is 0 Å². The molecule has 3 heterocycles. The van der Waals surface area contributed by atoms with Crippen LogP contribution < -0.4 is 15.0 Å². The first-order valence-corrected chi connectivity index (χ1v) is 11.7. The van der Waals surface area contributed by atoms with Crippen LogP contribution in [0.3, 0.4) is 0 Å². The molecule has 0 atom stereocenters. The molecule has 180 valence electrons. The quantitative estimate of drug-likeness (QED) is 0.319. The molecule has 0 amide bonds. The van der Waals surface area contributed by atoms with Crippen LogP contribution in [0.1, 0.15) is 22.3 Å². The number of ether oxygens (including phenoxy) is 2. The molecule has 0 saturated carbocycles. The summed E-state index contributed by atoms with van der Waals surface area (Å²) in [6, 6.07) is 7.54. The van der Waals surface area contributed by atoms with E-state index in [0.717, 1.165) is 32.7 Å². The molecule has 1 saturated heterocycles. The number of rotatable bonds is 5. The number of hydrogen-bond acceptors (Lipinski definition) is 8. The van der Waals surface area contributed by atoms with Crippen molar-refractivity contribution in [1.29, 1.82) is 0 Å². The third-order valence-electron chi connectivity index (χ3n) is 7.16. The molecule has 1 aliphatic carbocycles. The number of nitro benzene ring substituents is 1. The largest absolute Gasteiger partial charge is 0.454 e. The number of piperazine rings is 1. The maximum Gasteiger partial charge on any atom is 0.270 e. The fourth-order valence-electron chi connectivity index (χ4n) is 5.26. The second-order valence-corrected chi connectivity index (χ2v) is 9.25. The summed E-state index contributed by atoms with van der Waals surface area (Å²) in [6.45, 7) is 5.25. The van der Waals surface area contributed by atoms with Gasteiger partial charge in [0.15, 0.2) is 17.3 Å². The van der Waals surface area contributed by atoms with Gasteiger partial charge in [-0.3, -0.25) is 19.7 Å². The molecular weight excluding hydrogens is 452 g/mol. The lowest BCUT2D eigenvalue weighted by atomic mass is 10.0. The zero-order valence-corrected chi connectivity index (χ0v) is 19.3.